The van der Waals surface area contributed by atoms with E-state index in [-0.39, 0.29) is 5.41 Å². The number of hydrogen-bond donors (Lipinski definition) is 0. The van der Waals surface area contributed by atoms with Crippen molar-refractivity contribution in [2.24, 2.45) is 0 Å². The lowest BCUT2D eigenvalue weighted by Gasteiger charge is -2.22. The zero-order chi connectivity index (χ0) is 33.4. The summed E-state index contributed by atoms with van der Waals surface area (Å²) in [5, 5.41) is 3.70. The third-order valence-electron chi connectivity index (χ3n) is 10.7. The summed E-state index contributed by atoms with van der Waals surface area (Å²) in [6.45, 7) is 4.70. The van der Waals surface area contributed by atoms with Gasteiger partial charge in [0.05, 0.1) is 17.2 Å². The van der Waals surface area contributed by atoms with Crippen molar-refractivity contribution in [1.82, 2.24) is 14.5 Å². The van der Waals surface area contributed by atoms with Crippen LogP contribution in [0.3, 0.4) is 0 Å². The maximum Gasteiger partial charge on any atom is 0.159 e. The average Bonchev–Trinajstić information content (AvgIpc) is 3.63. The highest BCUT2D eigenvalue weighted by Gasteiger charge is 2.38. The normalized spacial score (nSPS) is 13.2. The fourth-order valence-corrected chi connectivity index (χ4v) is 8.27. The molecule has 236 valence electrons. The van der Waals surface area contributed by atoms with Gasteiger partial charge in [-0.1, -0.05) is 153 Å². The Bertz CT molecular complexity index is 2750. The van der Waals surface area contributed by atoms with Gasteiger partial charge >= 0.3 is 0 Å². The van der Waals surface area contributed by atoms with Crippen LogP contribution in [-0.4, -0.2) is 14.5 Å². The molecule has 10 rings (SSSR count). The van der Waals surface area contributed by atoms with E-state index < -0.39 is 0 Å². The van der Waals surface area contributed by atoms with Gasteiger partial charge in [0.2, 0.25) is 0 Å². The molecule has 0 atom stereocenters. The van der Waals surface area contributed by atoms with Crippen molar-refractivity contribution in [3.8, 4) is 50.5 Å². The Morgan fingerprint density at radius 3 is 2.00 bits per heavy atom. The van der Waals surface area contributed by atoms with Crippen LogP contribution in [0.2, 0.25) is 0 Å². The Morgan fingerprint density at radius 1 is 0.500 bits per heavy atom. The number of rotatable bonds is 4. The van der Waals surface area contributed by atoms with Gasteiger partial charge in [-0.25, -0.2) is 9.97 Å². The van der Waals surface area contributed by atoms with Crippen molar-refractivity contribution in [3.05, 3.63) is 175 Å². The maximum absolute atomic E-state index is 5.40. The van der Waals surface area contributed by atoms with Crippen LogP contribution in [0.4, 0.5) is 0 Å². The summed E-state index contributed by atoms with van der Waals surface area (Å²) in [6, 6.07) is 56.6. The van der Waals surface area contributed by atoms with E-state index in [0.29, 0.717) is 0 Å². The number of nitrogens with zero attached hydrogens (tertiary/aromatic N) is 3. The Labute approximate surface area is 291 Å². The molecule has 9 aromatic rings. The van der Waals surface area contributed by atoms with Crippen LogP contribution in [0.15, 0.2) is 164 Å². The zero-order valence-corrected chi connectivity index (χ0v) is 27.9. The minimum atomic E-state index is -0.189. The van der Waals surface area contributed by atoms with Crippen molar-refractivity contribution in [3.63, 3.8) is 0 Å². The van der Waals surface area contributed by atoms with Gasteiger partial charge in [0, 0.05) is 22.1 Å². The molecule has 0 unspecified atom stereocenters. The second-order valence-corrected chi connectivity index (χ2v) is 13.8. The molecule has 2 heterocycles. The van der Waals surface area contributed by atoms with Crippen molar-refractivity contribution < 1.29 is 0 Å². The van der Waals surface area contributed by atoms with Gasteiger partial charge in [-0.2, -0.15) is 0 Å². The van der Waals surface area contributed by atoms with Gasteiger partial charge in [0.15, 0.2) is 5.82 Å². The fraction of sp³-hybridized carbons (Fsp3) is 0.0638. The quantitative estimate of drug-likeness (QED) is 0.192. The molecule has 50 heavy (non-hydrogen) atoms. The molecule has 0 bridgehead atoms. The van der Waals surface area contributed by atoms with Gasteiger partial charge in [-0.3, -0.25) is 0 Å². The first kappa shape index (κ1) is 28.7. The molecule has 7 aromatic carbocycles. The first-order valence-corrected chi connectivity index (χ1v) is 17.3. The van der Waals surface area contributed by atoms with E-state index in [1.165, 1.54) is 60.7 Å². The van der Waals surface area contributed by atoms with Crippen molar-refractivity contribution in [1.29, 1.82) is 0 Å². The molecule has 0 N–H and O–H groups in total. The van der Waals surface area contributed by atoms with E-state index in [1.807, 2.05) is 12.3 Å². The summed E-state index contributed by atoms with van der Waals surface area (Å²) < 4.78 is 2.35. The van der Waals surface area contributed by atoms with Gasteiger partial charge in [-0.15, -0.1) is 0 Å². The molecule has 2 aromatic heterocycles. The minimum Gasteiger partial charge on any atom is -0.306 e. The molecule has 0 fully saturated rings. The third kappa shape index (κ3) is 4.23. The number of hydrogen-bond acceptors (Lipinski definition) is 2. The monoisotopic (exact) mass is 639 g/mol. The van der Waals surface area contributed by atoms with Crippen LogP contribution in [0, 0.1) is 0 Å². The van der Waals surface area contributed by atoms with E-state index in [1.54, 1.807) is 0 Å². The van der Waals surface area contributed by atoms with E-state index in [2.05, 4.69) is 170 Å². The summed E-state index contributed by atoms with van der Waals surface area (Å²) >= 11 is 0. The van der Waals surface area contributed by atoms with Gasteiger partial charge in [0.1, 0.15) is 5.52 Å². The lowest BCUT2D eigenvalue weighted by Crippen LogP contribution is -2.15. The molecular formula is C47H33N3. The predicted octanol–water partition coefficient (Wildman–Crippen LogP) is 12.0. The van der Waals surface area contributed by atoms with Crippen LogP contribution in [0.1, 0.15) is 25.0 Å². The van der Waals surface area contributed by atoms with Crippen LogP contribution in [0.25, 0.3) is 83.2 Å². The Hall–Kier alpha value is -6.32. The summed E-state index contributed by atoms with van der Waals surface area (Å²) in [6.07, 6.45) is 2.02. The van der Waals surface area contributed by atoms with E-state index >= 15 is 0 Å². The average molecular weight is 640 g/mol. The SMILES string of the molecule is CC1(C)c2ccccc2-c2ccc3c(c21)c1nc(-c2ccc(-c4ccccc4)cc2)ncc1n3-c1ccc(-c2cccc3ccccc23)cc1. The molecule has 0 saturated heterocycles. The number of fused-ring (bicyclic) bond motifs is 8. The van der Waals surface area contributed by atoms with E-state index in [0.717, 1.165) is 33.6 Å². The number of aromatic nitrogens is 3. The molecular weight excluding hydrogens is 607 g/mol. The van der Waals surface area contributed by atoms with Gasteiger partial charge in [0.25, 0.3) is 0 Å². The standard InChI is InChI=1S/C47H33N3/c1-47(2)40-18-9-8-16-38(40)39-27-28-41-43(44(39)47)45-42(29-48-46(49-45)34-21-19-31(20-22-34)30-11-4-3-5-12-30)50(41)35-25-23-33(24-26-35)37-17-10-14-32-13-6-7-15-36(32)37/h3-29H,1-2H3. The topological polar surface area (TPSA) is 30.7 Å². The first-order chi connectivity index (χ1) is 24.6. The highest BCUT2D eigenvalue weighted by Crippen LogP contribution is 2.53. The Balaban J connectivity index is 1.18. The smallest absolute Gasteiger partial charge is 0.159 e. The zero-order valence-electron chi connectivity index (χ0n) is 27.9. The fourth-order valence-electron chi connectivity index (χ4n) is 8.27. The molecule has 0 aliphatic heterocycles. The highest BCUT2D eigenvalue weighted by atomic mass is 15.0. The molecule has 3 nitrogen and oxygen atoms in total. The lowest BCUT2D eigenvalue weighted by atomic mass is 9.81. The van der Waals surface area contributed by atoms with Gasteiger partial charge in [-0.05, 0) is 73.5 Å². The Kier molecular flexibility index (Phi) is 6.22. The summed E-state index contributed by atoms with van der Waals surface area (Å²) in [5.41, 5.74) is 15.1. The highest BCUT2D eigenvalue weighted by molar-refractivity contribution is 6.13. The minimum absolute atomic E-state index is 0.189. The van der Waals surface area contributed by atoms with Gasteiger partial charge < -0.3 is 4.57 Å². The lowest BCUT2D eigenvalue weighted by molar-refractivity contribution is 0.666. The molecule has 0 amide bonds. The summed E-state index contributed by atoms with van der Waals surface area (Å²) in [7, 11) is 0. The second-order valence-electron chi connectivity index (χ2n) is 13.8. The van der Waals surface area contributed by atoms with Crippen molar-refractivity contribution in [2.75, 3.05) is 0 Å². The van der Waals surface area contributed by atoms with E-state index in [4.69, 9.17) is 9.97 Å². The largest absolute Gasteiger partial charge is 0.306 e. The number of benzene rings is 7. The molecule has 0 radical (unpaired) electrons. The first-order valence-electron chi connectivity index (χ1n) is 17.3. The van der Waals surface area contributed by atoms with Crippen LogP contribution >= 0.6 is 0 Å². The molecule has 0 saturated carbocycles. The maximum atomic E-state index is 5.40. The van der Waals surface area contributed by atoms with Crippen LogP contribution in [-0.2, 0) is 5.41 Å². The van der Waals surface area contributed by atoms with Crippen LogP contribution < -0.4 is 0 Å². The van der Waals surface area contributed by atoms with E-state index in [9.17, 15) is 0 Å². The van der Waals surface area contributed by atoms with Crippen LogP contribution in [0.5, 0.6) is 0 Å². The van der Waals surface area contributed by atoms with Crippen molar-refractivity contribution in [2.45, 2.75) is 19.3 Å². The summed E-state index contributed by atoms with van der Waals surface area (Å²) in [4.78, 5) is 10.4. The molecule has 3 heteroatoms. The second kappa shape index (κ2) is 10.8. The Morgan fingerprint density at radius 2 is 1.16 bits per heavy atom. The molecule has 1 aliphatic carbocycles. The molecule has 1 aliphatic rings. The summed E-state index contributed by atoms with van der Waals surface area (Å²) in [5.74, 6) is 0.730. The molecule has 0 spiro atoms. The van der Waals surface area contributed by atoms with Crippen molar-refractivity contribution >= 4 is 32.7 Å². The predicted molar refractivity (Wildman–Crippen MR) is 208 cm³/mol. The third-order valence-corrected chi connectivity index (χ3v) is 10.7.